The molecule has 1 saturated heterocycles. The van der Waals surface area contributed by atoms with Crippen molar-refractivity contribution in [2.45, 2.75) is 19.8 Å². The number of rotatable bonds is 5. The van der Waals surface area contributed by atoms with E-state index in [1.54, 1.807) is 6.21 Å². The van der Waals surface area contributed by atoms with Gasteiger partial charge in [0.05, 0.1) is 12.5 Å². The van der Waals surface area contributed by atoms with Crippen LogP contribution in [0.25, 0.3) is 0 Å². The first kappa shape index (κ1) is 14.8. The van der Waals surface area contributed by atoms with E-state index in [9.17, 15) is 4.79 Å². The van der Waals surface area contributed by atoms with E-state index < -0.39 is 0 Å². The van der Waals surface area contributed by atoms with Gasteiger partial charge in [-0.05, 0) is 44.6 Å². The minimum atomic E-state index is -0.0738. The number of esters is 1. The standard InChI is InChI=1S/C12H20BN3O2/c1-2-18-12(17)11-3-5-16(6-4-11)9-10(7-14)8-15-13/h7-8,11H,2-6,9,14H2,1H3. The molecule has 1 aliphatic rings. The van der Waals surface area contributed by atoms with Crippen LogP contribution in [0.15, 0.2) is 16.7 Å². The highest BCUT2D eigenvalue weighted by Gasteiger charge is 2.25. The zero-order valence-electron chi connectivity index (χ0n) is 10.8. The molecule has 0 aromatic rings. The fraction of sp³-hybridized carbons (Fsp3) is 0.667. The minimum Gasteiger partial charge on any atom is -0.466 e. The van der Waals surface area contributed by atoms with E-state index >= 15 is 0 Å². The van der Waals surface area contributed by atoms with Gasteiger partial charge in [-0.3, -0.25) is 9.69 Å². The number of carbonyl (C=O) groups is 1. The number of piperidine rings is 1. The molecule has 0 amide bonds. The quantitative estimate of drug-likeness (QED) is 0.431. The zero-order valence-corrected chi connectivity index (χ0v) is 10.8. The Kier molecular flexibility index (Phi) is 6.50. The largest absolute Gasteiger partial charge is 0.466 e. The second-order valence-corrected chi connectivity index (χ2v) is 4.32. The molecule has 1 fully saturated rings. The first-order valence-electron chi connectivity index (χ1n) is 6.24. The van der Waals surface area contributed by atoms with Crippen LogP contribution in [0, 0.1) is 5.92 Å². The topological polar surface area (TPSA) is 67.9 Å². The van der Waals surface area contributed by atoms with E-state index in [0.29, 0.717) is 13.2 Å². The van der Waals surface area contributed by atoms with Crippen molar-refractivity contribution in [3.8, 4) is 0 Å². The van der Waals surface area contributed by atoms with Crippen LogP contribution < -0.4 is 5.73 Å². The molecule has 6 heteroatoms. The Morgan fingerprint density at radius 1 is 1.56 bits per heavy atom. The summed E-state index contributed by atoms with van der Waals surface area (Å²) in [6.07, 6.45) is 4.72. The molecule has 0 aliphatic carbocycles. The third kappa shape index (κ3) is 4.53. The molecule has 0 unspecified atom stereocenters. The molecule has 2 radical (unpaired) electrons. The minimum absolute atomic E-state index is 0.0367. The van der Waals surface area contributed by atoms with Crippen LogP contribution in [0.1, 0.15) is 19.8 Å². The highest BCUT2D eigenvalue weighted by molar-refractivity contribution is 6.11. The third-order valence-electron chi connectivity index (χ3n) is 3.07. The summed E-state index contributed by atoms with van der Waals surface area (Å²) in [6, 6.07) is 0. The lowest BCUT2D eigenvalue weighted by molar-refractivity contribution is -0.149. The van der Waals surface area contributed by atoms with Gasteiger partial charge in [0.1, 0.15) is 0 Å². The predicted octanol–water partition coefficient (Wildman–Crippen LogP) is 0.258. The average Bonchev–Trinajstić information content (AvgIpc) is 2.39. The van der Waals surface area contributed by atoms with Crippen LogP contribution in [0.3, 0.4) is 0 Å². The van der Waals surface area contributed by atoms with Gasteiger partial charge in [-0.15, -0.1) is 0 Å². The van der Waals surface area contributed by atoms with Crippen molar-refractivity contribution in [3.05, 3.63) is 11.8 Å². The Balaban J connectivity index is 2.37. The fourth-order valence-corrected chi connectivity index (χ4v) is 2.08. The van der Waals surface area contributed by atoms with E-state index in [1.807, 2.05) is 6.92 Å². The Bertz CT molecular complexity index is 323. The van der Waals surface area contributed by atoms with Crippen molar-refractivity contribution in [1.82, 2.24) is 4.90 Å². The van der Waals surface area contributed by atoms with E-state index in [0.717, 1.165) is 31.5 Å². The molecule has 0 spiro atoms. The van der Waals surface area contributed by atoms with Crippen molar-refractivity contribution >= 4 is 20.2 Å². The lowest BCUT2D eigenvalue weighted by Crippen LogP contribution is -2.38. The average molecular weight is 249 g/mol. The lowest BCUT2D eigenvalue weighted by Gasteiger charge is -2.30. The monoisotopic (exact) mass is 249 g/mol. The molecule has 18 heavy (non-hydrogen) atoms. The number of likely N-dealkylation sites (tertiary alicyclic amines) is 1. The highest BCUT2D eigenvalue weighted by atomic mass is 16.5. The van der Waals surface area contributed by atoms with Crippen molar-refractivity contribution in [2.75, 3.05) is 26.2 Å². The third-order valence-corrected chi connectivity index (χ3v) is 3.07. The van der Waals surface area contributed by atoms with Gasteiger partial charge in [0, 0.05) is 12.8 Å². The molecule has 0 aromatic heterocycles. The van der Waals surface area contributed by atoms with Crippen molar-refractivity contribution in [3.63, 3.8) is 0 Å². The Morgan fingerprint density at radius 3 is 2.72 bits per heavy atom. The molecule has 0 atom stereocenters. The van der Waals surface area contributed by atoms with Crippen LogP contribution in [-0.4, -0.2) is 51.3 Å². The fourth-order valence-electron chi connectivity index (χ4n) is 2.08. The number of nitrogens with zero attached hydrogens (tertiary/aromatic N) is 2. The molecule has 5 nitrogen and oxygen atoms in total. The maximum Gasteiger partial charge on any atom is 0.309 e. The van der Waals surface area contributed by atoms with Gasteiger partial charge in [0.15, 0.2) is 0 Å². The van der Waals surface area contributed by atoms with Crippen LogP contribution in [0.2, 0.25) is 0 Å². The summed E-state index contributed by atoms with van der Waals surface area (Å²) < 4.78 is 5.03. The second kappa shape index (κ2) is 7.92. The summed E-state index contributed by atoms with van der Waals surface area (Å²) in [5.74, 6) is -0.0371. The van der Waals surface area contributed by atoms with E-state index in [4.69, 9.17) is 18.5 Å². The number of ether oxygens (including phenoxy) is 1. The van der Waals surface area contributed by atoms with Crippen molar-refractivity contribution in [1.29, 1.82) is 0 Å². The molecule has 1 heterocycles. The number of nitrogens with two attached hydrogens (primary N) is 1. The molecule has 1 rings (SSSR count). The number of hydrogen-bond acceptors (Lipinski definition) is 5. The molecular formula is C12H20BN3O2. The van der Waals surface area contributed by atoms with E-state index in [2.05, 4.69) is 9.80 Å². The summed E-state index contributed by atoms with van der Waals surface area (Å²) in [5, 5.41) is 0. The molecular weight excluding hydrogens is 229 g/mol. The maximum atomic E-state index is 11.6. The van der Waals surface area contributed by atoms with Gasteiger partial charge in [0.25, 0.3) is 7.98 Å². The first-order valence-corrected chi connectivity index (χ1v) is 6.24. The van der Waals surface area contributed by atoms with Gasteiger partial charge in [0.2, 0.25) is 0 Å². The van der Waals surface area contributed by atoms with Crippen molar-refractivity contribution < 1.29 is 9.53 Å². The van der Waals surface area contributed by atoms with Crippen LogP contribution >= 0.6 is 0 Å². The molecule has 98 valence electrons. The second-order valence-electron chi connectivity index (χ2n) is 4.32. The summed E-state index contributed by atoms with van der Waals surface area (Å²) >= 11 is 0. The first-order chi connectivity index (χ1) is 8.71. The van der Waals surface area contributed by atoms with Gasteiger partial charge < -0.3 is 15.4 Å². The number of carbonyl (C=O) groups excluding carboxylic acids is 1. The zero-order chi connectivity index (χ0) is 13.4. The van der Waals surface area contributed by atoms with E-state index in [1.165, 1.54) is 6.20 Å². The normalized spacial score (nSPS) is 19.3. The molecule has 0 aromatic carbocycles. The smallest absolute Gasteiger partial charge is 0.309 e. The van der Waals surface area contributed by atoms with Gasteiger partial charge in [-0.2, -0.15) is 0 Å². The Morgan fingerprint density at radius 2 is 2.22 bits per heavy atom. The van der Waals surface area contributed by atoms with Crippen LogP contribution in [0.5, 0.6) is 0 Å². The Labute approximate surface area is 110 Å². The maximum absolute atomic E-state index is 11.6. The highest BCUT2D eigenvalue weighted by Crippen LogP contribution is 2.19. The van der Waals surface area contributed by atoms with Gasteiger partial charge in [-0.1, -0.05) is 0 Å². The molecule has 1 aliphatic heterocycles. The summed E-state index contributed by atoms with van der Waals surface area (Å²) in [5.41, 5.74) is 6.36. The van der Waals surface area contributed by atoms with Crippen molar-refractivity contribution in [2.24, 2.45) is 16.6 Å². The SMILES string of the molecule is [B]N=CC(=CN)CN1CCC(C(=O)OCC)CC1. The van der Waals surface area contributed by atoms with Gasteiger partial charge >= 0.3 is 5.97 Å². The van der Waals surface area contributed by atoms with Crippen LogP contribution in [-0.2, 0) is 9.53 Å². The summed E-state index contributed by atoms with van der Waals surface area (Å²) in [6.45, 7) is 4.72. The lowest BCUT2D eigenvalue weighted by atomic mass is 9.97. The number of hydrogen-bond donors (Lipinski definition) is 1. The summed E-state index contributed by atoms with van der Waals surface area (Å²) in [4.78, 5) is 17.3. The Hall–Kier alpha value is -1.30. The van der Waals surface area contributed by atoms with Gasteiger partial charge in [-0.25, -0.2) is 0 Å². The molecule has 0 saturated carbocycles. The molecule has 0 bridgehead atoms. The summed E-state index contributed by atoms with van der Waals surface area (Å²) in [7, 11) is 5.10. The van der Waals surface area contributed by atoms with E-state index in [-0.39, 0.29) is 11.9 Å². The van der Waals surface area contributed by atoms with Crippen LogP contribution in [0.4, 0.5) is 0 Å². The molecule has 2 N–H and O–H groups in total. The predicted molar refractivity (Wildman–Crippen MR) is 72.3 cm³/mol.